The molecule has 0 amide bonds. The number of aliphatic hydroxyl groups is 1. The zero-order chi connectivity index (χ0) is 28.6. The number of carboxylic acid groups (broad SMARTS) is 1. The molecule has 0 aromatic carbocycles. The van der Waals surface area contributed by atoms with Crippen LogP contribution in [0.5, 0.6) is 0 Å². The van der Waals surface area contributed by atoms with Gasteiger partial charge in [-0.15, -0.1) is 0 Å². The summed E-state index contributed by atoms with van der Waals surface area (Å²) in [5, 5.41) is 20.0. The summed E-state index contributed by atoms with van der Waals surface area (Å²) in [6.07, 6.45) is 13.0. The number of esters is 1. The number of carbonyl (C=O) groups excluding carboxylic acids is 1. The summed E-state index contributed by atoms with van der Waals surface area (Å²) in [4.78, 5) is 24.9. The van der Waals surface area contributed by atoms with E-state index in [1.54, 1.807) is 0 Å². The number of allylic oxidation sites excluding steroid dienone is 2. The highest BCUT2D eigenvalue weighted by molar-refractivity contribution is 5.79. The van der Waals surface area contributed by atoms with Crippen LogP contribution in [0.1, 0.15) is 126 Å². The van der Waals surface area contributed by atoms with Crippen molar-refractivity contribution in [2.75, 3.05) is 6.61 Å². The minimum atomic E-state index is -0.843. The monoisotopic (exact) mass is 542 g/mol. The first-order valence-corrected chi connectivity index (χ1v) is 15.8. The number of aliphatic hydroxyl groups excluding tert-OH is 1. The highest BCUT2D eigenvalue weighted by atomic mass is 16.5. The lowest BCUT2D eigenvalue weighted by molar-refractivity contribution is -0.206. The molecule has 0 aliphatic heterocycles. The molecular formula is C34H54O5. The summed E-state index contributed by atoms with van der Waals surface area (Å²) < 4.78 is 5.87. The number of ether oxygens (including phenoxy) is 1. The number of carbonyl (C=O) groups is 2. The average molecular weight is 543 g/mol. The molecule has 5 rings (SSSR count). The minimum Gasteiger partial charge on any atom is -0.481 e. The Morgan fingerprint density at radius 1 is 0.923 bits per heavy atom. The molecule has 0 aromatic rings. The fourth-order valence-electron chi connectivity index (χ4n) is 11.1. The van der Waals surface area contributed by atoms with Crippen molar-refractivity contribution in [1.29, 1.82) is 0 Å². The number of carboxylic acids is 1. The highest BCUT2D eigenvalue weighted by Gasteiger charge is 2.69. The molecule has 0 unspecified atom stereocenters. The third-order valence-corrected chi connectivity index (χ3v) is 13.8. The SMILES string of the molecule is CC1(C)CC[C@]2(C(=O)OCCCC(=O)O)CC[C@]3(C)C(=CC[C@@H]4[C@@]5(C)CC[C@H](O)C(C)(C)[C@@H]5CC[C@]43C)[C@@H]2C1. The topological polar surface area (TPSA) is 83.8 Å². The molecule has 4 fully saturated rings. The van der Waals surface area contributed by atoms with Gasteiger partial charge in [0, 0.05) is 6.42 Å². The largest absolute Gasteiger partial charge is 0.481 e. The second kappa shape index (κ2) is 9.33. The van der Waals surface area contributed by atoms with Crippen LogP contribution in [0.4, 0.5) is 0 Å². The van der Waals surface area contributed by atoms with Crippen LogP contribution < -0.4 is 0 Å². The van der Waals surface area contributed by atoms with E-state index in [4.69, 9.17) is 9.84 Å². The fraction of sp³-hybridized carbons (Fsp3) is 0.882. The van der Waals surface area contributed by atoms with Crippen molar-refractivity contribution in [2.24, 2.45) is 50.2 Å². The van der Waals surface area contributed by atoms with Gasteiger partial charge in [0.25, 0.3) is 0 Å². The van der Waals surface area contributed by atoms with E-state index in [1.807, 2.05) is 0 Å². The molecule has 0 saturated heterocycles. The Labute approximate surface area is 236 Å². The molecule has 5 heteroatoms. The molecular weight excluding hydrogens is 488 g/mol. The molecule has 5 nitrogen and oxygen atoms in total. The molecule has 0 spiro atoms. The van der Waals surface area contributed by atoms with E-state index in [-0.39, 0.29) is 58.1 Å². The lowest BCUT2D eigenvalue weighted by Crippen LogP contribution is -2.65. The summed E-state index contributed by atoms with van der Waals surface area (Å²) in [5.74, 6) is 0.380. The van der Waals surface area contributed by atoms with Gasteiger partial charge in [0.15, 0.2) is 0 Å². The number of fused-ring (bicyclic) bond motifs is 7. The zero-order valence-corrected chi connectivity index (χ0v) is 25.7. The summed E-state index contributed by atoms with van der Waals surface area (Å²) in [6.45, 7) is 17.2. The Kier molecular flexibility index (Phi) is 6.97. The van der Waals surface area contributed by atoms with E-state index >= 15 is 0 Å². The molecule has 8 atom stereocenters. The fourth-order valence-corrected chi connectivity index (χ4v) is 11.1. The van der Waals surface area contributed by atoms with E-state index in [2.05, 4.69) is 54.5 Å². The molecule has 39 heavy (non-hydrogen) atoms. The van der Waals surface area contributed by atoms with Gasteiger partial charge in [0.1, 0.15) is 0 Å². The lowest BCUT2D eigenvalue weighted by atomic mass is 9.33. The van der Waals surface area contributed by atoms with Crippen molar-refractivity contribution in [1.82, 2.24) is 0 Å². The molecule has 0 heterocycles. The first kappa shape index (κ1) is 29.1. The van der Waals surface area contributed by atoms with Gasteiger partial charge in [-0.25, -0.2) is 0 Å². The summed E-state index contributed by atoms with van der Waals surface area (Å²) in [7, 11) is 0. The van der Waals surface area contributed by atoms with Crippen LogP contribution in [0.2, 0.25) is 0 Å². The average Bonchev–Trinajstić information content (AvgIpc) is 2.84. The standard InChI is InChI=1S/C34H54O5/c1-29(2)16-18-34(28(38)39-20-8-9-27(36)37)19-17-32(6)22(23(34)21-29)10-11-25-31(5)14-13-26(35)30(3,4)24(31)12-15-33(25,32)7/h10,23-26,35H,8-9,11-21H2,1-7H3,(H,36,37)/t23-,24-,25+,26-,31-,32+,33+,34-/m0/s1. The maximum atomic E-state index is 13.9. The van der Waals surface area contributed by atoms with Gasteiger partial charge in [0.2, 0.25) is 0 Å². The van der Waals surface area contributed by atoms with Crippen LogP contribution in [0.15, 0.2) is 11.6 Å². The normalized spacial score (nSPS) is 46.0. The van der Waals surface area contributed by atoms with Crippen molar-refractivity contribution in [3.63, 3.8) is 0 Å². The van der Waals surface area contributed by atoms with Gasteiger partial charge in [-0.1, -0.05) is 60.1 Å². The van der Waals surface area contributed by atoms with Crippen LogP contribution in [0, 0.1) is 50.2 Å². The third-order valence-electron chi connectivity index (χ3n) is 13.8. The Morgan fingerprint density at radius 3 is 2.31 bits per heavy atom. The van der Waals surface area contributed by atoms with Gasteiger partial charge < -0.3 is 14.9 Å². The highest BCUT2D eigenvalue weighted by Crippen LogP contribution is 2.75. The maximum absolute atomic E-state index is 13.9. The van der Waals surface area contributed by atoms with E-state index < -0.39 is 11.4 Å². The lowest BCUT2D eigenvalue weighted by Gasteiger charge is -2.71. The molecule has 0 radical (unpaired) electrons. The molecule has 5 aliphatic carbocycles. The van der Waals surface area contributed by atoms with Gasteiger partial charge in [-0.3, -0.25) is 9.59 Å². The summed E-state index contributed by atoms with van der Waals surface area (Å²) in [6, 6.07) is 0. The van der Waals surface area contributed by atoms with Gasteiger partial charge in [-0.05, 0) is 115 Å². The molecule has 5 aliphatic rings. The van der Waals surface area contributed by atoms with Crippen molar-refractivity contribution < 1.29 is 24.5 Å². The minimum absolute atomic E-state index is 0.0350. The van der Waals surface area contributed by atoms with Crippen LogP contribution in [0.25, 0.3) is 0 Å². The number of rotatable bonds is 5. The first-order chi connectivity index (χ1) is 18.0. The molecule has 0 aromatic heterocycles. The quantitative estimate of drug-likeness (QED) is 0.213. The Hall–Kier alpha value is -1.36. The second-order valence-corrected chi connectivity index (χ2v) is 16.4. The first-order valence-electron chi connectivity index (χ1n) is 15.8. The van der Waals surface area contributed by atoms with Gasteiger partial charge in [0.05, 0.1) is 18.1 Å². The zero-order valence-electron chi connectivity index (χ0n) is 25.7. The molecule has 220 valence electrons. The smallest absolute Gasteiger partial charge is 0.312 e. The van der Waals surface area contributed by atoms with Crippen molar-refractivity contribution >= 4 is 11.9 Å². The Bertz CT molecular complexity index is 1040. The van der Waals surface area contributed by atoms with Crippen molar-refractivity contribution in [3.8, 4) is 0 Å². The summed E-state index contributed by atoms with van der Waals surface area (Å²) >= 11 is 0. The van der Waals surface area contributed by atoms with E-state index in [1.165, 1.54) is 18.4 Å². The molecule has 0 bridgehead atoms. The van der Waals surface area contributed by atoms with Crippen LogP contribution in [0.3, 0.4) is 0 Å². The van der Waals surface area contributed by atoms with E-state index in [9.17, 15) is 14.7 Å². The van der Waals surface area contributed by atoms with Crippen LogP contribution >= 0.6 is 0 Å². The predicted octanol–water partition coefficient (Wildman–Crippen LogP) is 7.56. The van der Waals surface area contributed by atoms with E-state index in [0.717, 1.165) is 51.4 Å². The Balaban J connectivity index is 1.50. The number of hydrogen-bond acceptors (Lipinski definition) is 4. The summed E-state index contributed by atoms with van der Waals surface area (Å²) in [5.41, 5.74) is 1.60. The van der Waals surface area contributed by atoms with E-state index in [0.29, 0.717) is 18.3 Å². The Morgan fingerprint density at radius 2 is 1.62 bits per heavy atom. The van der Waals surface area contributed by atoms with Crippen molar-refractivity contribution in [3.05, 3.63) is 11.6 Å². The number of aliphatic carboxylic acids is 1. The predicted molar refractivity (Wildman–Crippen MR) is 153 cm³/mol. The van der Waals surface area contributed by atoms with Crippen LogP contribution in [-0.2, 0) is 14.3 Å². The van der Waals surface area contributed by atoms with Gasteiger partial charge >= 0.3 is 11.9 Å². The number of hydrogen-bond donors (Lipinski definition) is 2. The van der Waals surface area contributed by atoms with Crippen molar-refractivity contribution in [2.45, 2.75) is 132 Å². The molecule has 2 N–H and O–H groups in total. The third kappa shape index (κ3) is 4.17. The second-order valence-electron chi connectivity index (χ2n) is 16.4. The van der Waals surface area contributed by atoms with Crippen LogP contribution in [-0.4, -0.2) is 34.9 Å². The maximum Gasteiger partial charge on any atom is 0.312 e. The van der Waals surface area contributed by atoms with Gasteiger partial charge in [-0.2, -0.15) is 0 Å². The molecule has 4 saturated carbocycles.